The summed E-state index contributed by atoms with van der Waals surface area (Å²) in [5, 5.41) is 20.7. The Kier molecular flexibility index (Phi) is 80.0. The van der Waals surface area contributed by atoms with E-state index in [0.29, 0.717) is 19.3 Å². The number of carbonyl (C=O) groups excluding carboxylic acids is 3. The summed E-state index contributed by atoms with van der Waals surface area (Å²) in [5.41, 5.74) is 0. The van der Waals surface area contributed by atoms with Crippen LogP contribution in [-0.2, 0) is 55.8 Å². The Labute approximate surface area is 675 Å². The Morgan fingerprint density at radius 2 is 0.477 bits per heavy atom. The smallest absolute Gasteiger partial charge is 0.463 e. The maximum absolute atomic E-state index is 13.0. The molecule has 0 aliphatic heterocycles. The molecule has 18 heteroatoms. The lowest BCUT2D eigenvalue weighted by Crippen LogP contribution is -2.30. The number of allylic oxidation sites excluding steroid dienone is 30. The van der Waals surface area contributed by atoms with Crippen LogP contribution >= 0.6 is 15.6 Å². The first kappa shape index (κ1) is 106. The summed E-state index contributed by atoms with van der Waals surface area (Å²) >= 11 is 0. The van der Waals surface area contributed by atoms with Gasteiger partial charge in [-0.2, -0.15) is 0 Å². The van der Waals surface area contributed by atoms with Gasteiger partial charge in [0.05, 0.1) is 26.4 Å². The van der Waals surface area contributed by atoms with Crippen molar-refractivity contribution in [3.05, 3.63) is 182 Å². The van der Waals surface area contributed by atoms with E-state index >= 15 is 0 Å². The SMILES string of the molecule is CC/C=C\C/C=C\C/C=C\C/C=C\C/C=C\C/C=C\CCCCCCC(=O)OC(COC(=O)CCCCCCCCCCC/C=C\C/C=C\C/C=C\C/C=C\CCCCC)COP(=O)(O)OCC(O)COP(=O)(O)OCC(O)COC(=O)CCCCCCCCCCCCC/C=C\C/C=C\C/C=C\C/C=C\C/C=C\CC. The Morgan fingerprint density at radius 1 is 0.261 bits per heavy atom. The normalized spacial score (nSPS) is 14.8. The van der Waals surface area contributed by atoms with Crippen LogP contribution in [0, 0.1) is 0 Å². The Morgan fingerprint density at radius 3 is 0.757 bits per heavy atom. The van der Waals surface area contributed by atoms with Crippen molar-refractivity contribution in [2.24, 2.45) is 0 Å². The molecule has 0 aromatic heterocycles. The average molecular weight is 1590 g/mol. The third-order valence-corrected chi connectivity index (χ3v) is 19.5. The van der Waals surface area contributed by atoms with Gasteiger partial charge in [0.1, 0.15) is 25.4 Å². The van der Waals surface area contributed by atoms with Gasteiger partial charge < -0.3 is 34.2 Å². The van der Waals surface area contributed by atoms with Crippen LogP contribution < -0.4 is 0 Å². The van der Waals surface area contributed by atoms with Crippen LogP contribution in [0.5, 0.6) is 0 Å². The number of unbranched alkanes of at least 4 members (excludes halogenated alkanes) is 27. The zero-order chi connectivity index (χ0) is 80.8. The summed E-state index contributed by atoms with van der Waals surface area (Å²) in [6.45, 7) is 2.40. The van der Waals surface area contributed by atoms with E-state index in [4.69, 9.17) is 32.3 Å². The van der Waals surface area contributed by atoms with Crippen molar-refractivity contribution in [2.45, 2.75) is 347 Å². The first-order valence-corrected chi connectivity index (χ1v) is 46.1. The minimum absolute atomic E-state index is 0.0667. The van der Waals surface area contributed by atoms with Crippen molar-refractivity contribution in [2.75, 3.05) is 39.6 Å². The molecule has 5 atom stereocenters. The van der Waals surface area contributed by atoms with E-state index in [1.807, 2.05) is 0 Å². The number of aliphatic hydroxyl groups is 2. The van der Waals surface area contributed by atoms with E-state index in [-0.39, 0.29) is 19.3 Å². The molecule has 0 bridgehead atoms. The van der Waals surface area contributed by atoms with Crippen LogP contribution in [0.25, 0.3) is 0 Å². The molecule has 0 radical (unpaired) electrons. The number of carbonyl (C=O) groups is 3. The van der Waals surface area contributed by atoms with Crippen molar-refractivity contribution >= 4 is 33.6 Å². The number of rotatable bonds is 80. The van der Waals surface area contributed by atoms with Crippen molar-refractivity contribution < 1.29 is 75.8 Å². The third kappa shape index (κ3) is 85.4. The van der Waals surface area contributed by atoms with Gasteiger partial charge in [-0.3, -0.25) is 32.5 Å². The maximum atomic E-state index is 13.0. The minimum Gasteiger partial charge on any atom is -0.463 e. The summed E-state index contributed by atoms with van der Waals surface area (Å²) in [7, 11) is -9.83. The van der Waals surface area contributed by atoms with E-state index in [9.17, 15) is 43.5 Å². The standard InChI is InChI=1S/C93H154O16P2/c1-4-7-10-13-16-19-22-25-28-31-34-37-40-42-43-45-48-49-52-55-58-61-64-67-70-73-76-79-91(96)103-82-88(94)83-105-110(99,100)106-84-89(95)85-107-111(101,102)108-87-90(109-93(98)81-78-75-72-69-66-63-60-57-54-51-46-39-36-33-30-27-24-21-18-15-12-9-6-3)86-104-92(97)80-77-74-71-68-65-62-59-56-53-50-47-44-41-38-35-32-29-26-23-20-17-14-11-8-5-2/h7,9-10,12,16-21,25-30,34-39,42-44,47,51,54,60,63,88-90,94-95H,4-6,8,11,13-15,22-24,31-33,40-41,45-46,48-50,52-53,55-59,61-62,64-87H2,1-3H3,(H,99,100)(H,101,102)/b10-7-,12-9-,19-16-,20-17-,21-18-,28-25-,29-26-,30-27-,37-34-,38-35-,39-36-,43-42-,47-44-,54-51-,63-60-. The van der Waals surface area contributed by atoms with Crippen LogP contribution in [0.4, 0.5) is 0 Å². The molecule has 0 fully saturated rings. The van der Waals surface area contributed by atoms with Crippen molar-refractivity contribution in [3.63, 3.8) is 0 Å². The number of aliphatic hydroxyl groups excluding tert-OH is 2. The van der Waals surface area contributed by atoms with Gasteiger partial charge in [-0.05, 0) is 161 Å². The third-order valence-electron chi connectivity index (χ3n) is 17.6. The zero-order valence-electron chi connectivity index (χ0n) is 69.3. The molecule has 0 heterocycles. The number of ether oxygens (including phenoxy) is 3. The summed E-state index contributed by atoms with van der Waals surface area (Å²) < 4.78 is 61.4. The first-order valence-electron chi connectivity index (χ1n) is 43.1. The van der Waals surface area contributed by atoms with Gasteiger partial charge in [-0.1, -0.05) is 331 Å². The lowest BCUT2D eigenvalue weighted by atomic mass is 10.0. The summed E-state index contributed by atoms with van der Waals surface area (Å²) in [4.78, 5) is 58.9. The highest BCUT2D eigenvalue weighted by Crippen LogP contribution is 2.45. The van der Waals surface area contributed by atoms with Crippen LogP contribution in [0.3, 0.4) is 0 Å². The second kappa shape index (κ2) is 84.1. The zero-order valence-corrected chi connectivity index (χ0v) is 71.1. The fourth-order valence-electron chi connectivity index (χ4n) is 11.1. The van der Waals surface area contributed by atoms with Crippen molar-refractivity contribution in [1.82, 2.24) is 0 Å². The maximum Gasteiger partial charge on any atom is 0.472 e. The molecule has 0 aliphatic carbocycles. The van der Waals surface area contributed by atoms with Gasteiger partial charge in [0.25, 0.3) is 0 Å². The molecule has 0 amide bonds. The molecule has 0 rings (SSSR count). The molecular weight excluding hydrogens is 1430 g/mol. The fraction of sp³-hybridized carbons (Fsp3) is 0.645. The second-order valence-electron chi connectivity index (χ2n) is 28.2. The van der Waals surface area contributed by atoms with E-state index < -0.39 is 91.5 Å². The topological polar surface area (TPSA) is 231 Å². The molecule has 4 N–H and O–H groups in total. The second-order valence-corrected chi connectivity index (χ2v) is 31.1. The Bertz CT molecular complexity index is 2750. The van der Waals surface area contributed by atoms with Gasteiger partial charge in [0, 0.05) is 19.3 Å². The van der Waals surface area contributed by atoms with E-state index in [2.05, 4.69) is 203 Å². The number of phosphoric acid groups is 2. The molecule has 0 saturated carbocycles. The average Bonchev–Trinajstić information content (AvgIpc) is 0.920. The minimum atomic E-state index is -4.95. The Balaban J connectivity index is 4.71. The predicted octanol–water partition coefficient (Wildman–Crippen LogP) is 26.1. The highest BCUT2D eigenvalue weighted by atomic mass is 31.2. The molecular formula is C93H154O16P2. The molecule has 632 valence electrons. The number of hydrogen-bond acceptors (Lipinski definition) is 14. The molecule has 16 nitrogen and oxygen atoms in total. The van der Waals surface area contributed by atoms with Gasteiger partial charge in [0.2, 0.25) is 0 Å². The van der Waals surface area contributed by atoms with E-state index in [1.165, 1.54) is 89.9 Å². The molecule has 0 aromatic rings. The van der Waals surface area contributed by atoms with Gasteiger partial charge in [0.15, 0.2) is 6.10 Å². The summed E-state index contributed by atoms with van der Waals surface area (Å²) in [6, 6.07) is 0. The molecule has 0 spiro atoms. The van der Waals surface area contributed by atoms with E-state index in [1.54, 1.807) is 0 Å². The predicted molar refractivity (Wildman–Crippen MR) is 463 cm³/mol. The van der Waals surface area contributed by atoms with Crippen LogP contribution in [0.1, 0.15) is 329 Å². The first-order chi connectivity index (χ1) is 54.2. The van der Waals surface area contributed by atoms with Crippen LogP contribution in [-0.4, -0.2) is 95.9 Å². The van der Waals surface area contributed by atoms with Gasteiger partial charge in [-0.15, -0.1) is 0 Å². The molecule has 111 heavy (non-hydrogen) atoms. The highest BCUT2D eigenvalue weighted by molar-refractivity contribution is 7.47. The fourth-order valence-corrected chi connectivity index (χ4v) is 12.7. The molecule has 0 aliphatic rings. The lowest BCUT2D eigenvalue weighted by Gasteiger charge is -2.21. The highest BCUT2D eigenvalue weighted by Gasteiger charge is 2.29. The lowest BCUT2D eigenvalue weighted by molar-refractivity contribution is -0.161. The largest absolute Gasteiger partial charge is 0.472 e. The number of phosphoric ester groups is 2. The summed E-state index contributed by atoms with van der Waals surface area (Å²) in [6.07, 6.45) is 109. The van der Waals surface area contributed by atoms with Crippen molar-refractivity contribution in [1.29, 1.82) is 0 Å². The van der Waals surface area contributed by atoms with Crippen LogP contribution in [0.15, 0.2) is 182 Å². The molecule has 0 saturated heterocycles. The quantitative estimate of drug-likeness (QED) is 0.0146. The number of hydrogen-bond donors (Lipinski definition) is 4. The monoisotopic (exact) mass is 1590 g/mol. The number of esters is 3. The van der Waals surface area contributed by atoms with Gasteiger partial charge in [-0.25, -0.2) is 9.13 Å². The van der Waals surface area contributed by atoms with E-state index in [0.717, 1.165) is 180 Å². The Hall–Kier alpha value is -5.35. The molecule has 5 unspecified atom stereocenters. The van der Waals surface area contributed by atoms with Crippen LogP contribution in [0.2, 0.25) is 0 Å². The van der Waals surface area contributed by atoms with Gasteiger partial charge >= 0.3 is 33.6 Å². The summed E-state index contributed by atoms with van der Waals surface area (Å²) in [5.74, 6) is -1.62. The van der Waals surface area contributed by atoms with Crippen molar-refractivity contribution in [3.8, 4) is 0 Å². The molecule has 0 aromatic carbocycles.